The van der Waals surface area contributed by atoms with Gasteiger partial charge in [-0.05, 0) is 38.0 Å². The molecule has 2 atom stereocenters. The Hall–Kier alpha value is -3.09. The lowest BCUT2D eigenvalue weighted by Crippen LogP contribution is -2.42. The monoisotopic (exact) mass is 362 g/mol. The number of carbonyl (C=O) groups is 1. The Balaban J connectivity index is 1.41. The van der Waals surface area contributed by atoms with Gasteiger partial charge in [0.25, 0.3) is 5.91 Å². The zero-order chi connectivity index (χ0) is 18.1. The van der Waals surface area contributed by atoms with E-state index in [1.165, 1.54) is 5.69 Å². The summed E-state index contributed by atoms with van der Waals surface area (Å²) in [5.74, 6) is 1.38. The van der Waals surface area contributed by atoms with Crippen molar-refractivity contribution in [1.82, 2.24) is 19.5 Å². The highest BCUT2D eigenvalue weighted by Crippen LogP contribution is 2.44. The molecule has 1 fully saturated rings. The van der Waals surface area contributed by atoms with Crippen LogP contribution >= 0.6 is 0 Å². The topological polar surface area (TPSA) is 69.0 Å². The average molecular weight is 362 g/mol. The van der Waals surface area contributed by atoms with Gasteiger partial charge in [-0.1, -0.05) is 0 Å². The first-order chi connectivity index (χ1) is 13.2. The number of ether oxygens (including phenoxy) is 2. The maximum absolute atomic E-state index is 13.3. The van der Waals surface area contributed by atoms with Crippen LogP contribution in [0.5, 0.6) is 11.5 Å². The van der Waals surface area contributed by atoms with Crippen LogP contribution in [-0.2, 0) is 6.42 Å². The summed E-state index contributed by atoms with van der Waals surface area (Å²) in [5.41, 5.74) is 4.79. The van der Waals surface area contributed by atoms with Gasteiger partial charge in [0.2, 0.25) is 6.79 Å². The average Bonchev–Trinajstić information content (AvgIpc) is 3.36. The molecule has 27 heavy (non-hydrogen) atoms. The van der Waals surface area contributed by atoms with Crippen LogP contribution < -0.4 is 9.47 Å². The summed E-state index contributed by atoms with van der Waals surface area (Å²) in [6.45, 7) is 2.19. The molecule has 0 N–H and O–H groups in total. The fourth-order valence-corrected chi connectivity index (χ4v) is 4.69. The van der Waals surface area contributed by atoms with E-state index in [-0.39, 0.29) is 24.8 Å². The van der Waals surface area contributed by atoms with Crippen LogP contribution in [0.4, 0.5) is 0 Å². The Morgan fingerprint density at radius 2 is 2.07 bits per heavy atom. The molecule has 0 aliphatic carbocycles. The number of amides is 1. The number of aryl methyl sites for hydroxylation is 1. The van der Waals surface area contributed by atoms with E-state index < -0.39 is 0 Å². The van der Waals surface area contributed by atoms with E-state index in [4.69, 9.17) is 9.47 Å². The number of hydrogen-bond acceptors (Lipinski definition) is 5. The Morgan fingerprint density at radius 1 is 1.19 bits per heavy atom. The molecule has 7 nitrogen and oxygen atoms in total. The molecule has 3 aliphatic rings. The maximum Gasteiger partial charge on any atom is 0.254 e. The number of hydrogen-bond donors (Lipinski definition) is 0. The number of benzene rings is 1. The number of nitrogens with zero attached hydrogens (tertiary/aromatic N) is 4. The molecule has 6 rings (SSSR count). The van der Waals surface area contributed by atoms with Gasteiger partial charge in [-0.2, -0.15) is 5.10 Å². The zero-order valence-corrected chi connectivity index (χ0v) is 14.9. The highest BCUT2D eigenvalue weighted by Gasteiger charge is 2.44. The van der Waals surface area contributed by atoms with Crippen molar-refractivity contribution in [3.05, 3.63) is 53.0 Å². The van der Waals surface area contributed by atoms with Crippen molar-refractivity contribution in [1.29, 1.82) is 0 Å². The highest BCUT2D eigenvalue weighted by atomic mass is 16.7. The Labute approximate surface area is 155 Å². The second kappa shape index (κ2) is 5.22. The smallest absolute Gasteiger partial charge is 0.254 e. The van der Waals surface area contributed by atoms with E-state index in [9.17, 15) is 4.79 Å². The van der Waals surface area contributed by atoms with Crippen molar-refractivity contribution < 1.29 is 14.3 Å². The first-order valence-electron chi connectivity index (χ1n) is 9.25. The van der Waals surface area contributed by atoms with Crippen LogP contribution in [0.3, 0.4) is 0 Å². The number of aromatic nitrogens is 3. The van der Waals surface area contributed by atoms with Gasteiger partial charge in [-0.15, -0.1) is 0 Å². The van der Waals surface area contributed by atoms with Crippen molar-refractivity contribution in [2.24, 2.45) is 0 Å². The van der Waals surface area contributed by atoms with Gasteiger partial charge >= 0.3 is 0 Å². The van der Waals surface area contributed by atoms with Crippen molar-refractivity contribution >= 4 is 11.6 Å². The fraction of sp³-hybridized carbons (Fsp3) is 0.350. The van der Waals surface area contributed by atoms with Crippen molar-refractivity contribution in [2.45, 2.75) is 38.3 Å². The second-order valence-electron chi connectivity index (χ2n) is 7.45. The molecule has 0 radical (unpaired) electrons. The third-order valence-electron chi connectivity index (χ3n) is 5.88. The van der Waals surface area contributed by atoms with E-state index in [0.29, 0.717) is 17.1 Å². The van der Waals surface area contributed by atoms with Gasteiger partial charge in [0.05, 0.1) is 17.4 Å². The molecule has 0 spiro atoms. The molecule has 5 heterocycles. The second-order valence-corrected chi connectivity index (χ2v) is 7.45. The Kier molecular flexibility index (Phi) is 2.90. The minimum atomic E-state index is 0.0446. The molecule has 1 aromatic carbocycles. The van der Waals surface area contributed by atoms with Gasteiger partial charge in [-0.25, -0.2) is 9.50 Å². The maximum atomic E-state index is 13.3. The molecule has 2 bridgehead atoms. The Morgan fingerprint density at radius 3 is 3.00 bits per heavy atom. The van der Waals surface area contributed by atoms with E-state index >= 15 is 0 Å². The van der Waals surface area contributed by atoms with Crippen molar-refractivity contribution in [3.8, 4) is 11.5 Å². The molecular formula is C20H18N4O3. The molecule has 1 amide bonds. The summed E-state index contributed by atoms with van der Waals surface area (Å²) in [6, 6.07) is 7.66. The van der Waals surface area contributed by atoms with E-state index in [0.717, 1.165) is 36.2 Å². The van der Waals surface area contributed by atoms with Gasteiger partial charge in [0.1, 0.15) is 0 Å². The molecule has 0 unspecified atom stereocenters. The summed E-state index contributed by atoms with van der Waals surface area (Å²) in [4.78, 5) is 19.9. The van der Waals surface area contributed by atoms with E-state index in [1.54, 1.807) is 6.07 Å². The number of carbonyl (C=O) groups excluding carboxylic acids is 1. The fourth-order valence-electron chi connectivity index (χ4n) is 4.69. The van der Waals surface area contributed by atoms with Gasteiger partial charge in [0, 0.05) is 35.9 Å². The molecule has 0 saturated carbocycles. The summed E-state index contributed by atoms with van der Waals surface area (Å²) >= 11 is 0. The lowest BCUT2D eigenvalue weighted by molar-refractivity contribution is 0.0642. The third kappa shape index (κ3) is 2.05. The van der Waals surface area contributed by atoms with Crippen LogP contribution in [0.1, 0.15) is 46.2 Å². The largest absolute Gasteiger partial charge is 0.454 e. The van der Waals surface area contributed by atoms with Crippen LogP contribution in [0.2, 0.25) is 0 Å². The molecular weight excluding hydrogens is 344 g/mol. The molecule has 136 valence electrons. The van der Waals surface area contributed by atoms with Crippen LogP contribution in [0.15, 0.2) is 30.5 Å². The molecule has 7 heteroatoms. The van der Waals surface area contributed by atoms with E-state index in [1.807, 2.05) is 40.7 Å². The van der Waals surface area contributed by atoms with Gasteiger partial charge in [-0.3, -0.25) is 4.79 Å². The minimum absolute atomic E-state index is 0.0446. The lowest BCUT2D eigenvalue weighted by atomic mass is 9.98. The molecule has 3 aliphatic heterocycles. The first kappa shape index (κ1) is 15.0. The summed E-state index contributed by atoms with van der Waals surface area (Å²) in [6.07, 6.45) is 4.69. The summed E-state index contributed by atoms with van der Waals surface area (Å²) in [5, 5.41) is 4.61. The lowest BCUT2D eigenvalue weighted by Gasteiger charge is -2.36. The third-order valence-corrected chi connectivity index (χ3v) is 5.88. The minimum Gasteiger partial charge on any atom is -0.454 e. The van der Waals surface area contributed by atoms with Crippen LogP contribution in [-0.4, -0.2) is 38.2 Å². The van der Waals surface area contributed by atoms with Gasteiger partial charge < -0.3 is 14.4 Å². The van der Waals surface area contributed by atoms with Gasteiger partial charge in [0.15, 0.2) is 17.1 Å². The van der Waals surface area contributed by atoms with Crippen LogP contribution in [0, 0.1) is 6.92 Å². The Bertz CT molecular complexity index is 1110. The predicted molar refractivity (Wildman–Crippen MR) is 95.9 cm³/mol. The normalized spacial score (nSPS) is 22.3. The van der Waals surface area contributed by atoms with E-state index in [2.05, 4.69) is 10.1 Å². The SMILES string of the molecule is Cc1cc2ncc3c(n2n1)C[C@H]1CC[C@H]3N1C(=O)c1ccc2c(c1)OCO2. The standard InChI is InChI=1S/C20H18N4O3/c1-11-6-19-21-9-14-15-4-3-13(8-16(14)24(19)22-11)23(15)20(25)12-2-5-17-18(7-12)27-10-26-17/h2,5-7,9,13,15H,3-4,8,10H2,1H3/t13-,15-/m1/s1. The van der Waals surface area contributed by atoms with Crippen molar-refractivity contribution in [3.63, 3.8) is 0 Å². The molecule has 3 aromatic rings. The van der Waals surface area contributed by atoms with Crippen LogP contribution in [0.25, 0.3) is 5.65 Å². The summed E-state index contributed by atoms with van der Waals surface area (Å²) < 4.78 is 12.8. The van der Waals surface area contributed by atoms with Crippen molar-refractivity contribution in [2.75, 3.05) is 6.79 Å². The number of fused-ring (bicyclic) bond motifs is 7. The first-order valence-corrected chi connectivity index (χ1v) is 9.25. The molecule has 2 aromatic heterocycles. The quantitative estimate of drug-likeness (QED) is 0.666. The predicted octanol–water partition coefficient (Wildman–Crippen LogP) is 2.67. The number of rotatable bonds is 1. The zero-order valence-electron chi connectivity index (χ0n) is 14.9. The molecule has 1 saturated heterocycles. The summed E-state index contributed by atoms with van der Waals surface area (Å²) in [7, 11) is 0. The highest BCUT2D eigenvalue weighted by molar-refractivity contribution is 5.96.